The van der Waals surface area contributed by atoms with Crippen LogP contribution in [-0.2, 0) is 48.2 Å². The lowest BCUT2D eigenvalue weighted by atomic mass is 9.98. The zero-order valence-electron chi connectivity index (χ0n) is 25.6. The second kappa shape index (κ2) is 15.4. The number of rotatable bonds is 14. The first-order valence-corrected chi connectivity index (χ1v) is 15.3. The van der Waals surface area contributed by atoms with Crippen LogP contribution in [0.5, 0.6) is 0 Å². The molecule has 0 radical (unpaired) electrons. The van der Waals surface area contributed by atoms with Crippen molar-refractivity contribution in [3.8, 4) is 0 Å². The van der Waals surface area contributed by atoms with Crippen molar-refractivity contribution in [3.05, 3.63) is 143 Å². The smallest absolute Gasteiger partial charge is 0.263 e. The Morgan fingerprint density at radius 2 is 1.07 bits per heavy atom. The minimum absolute atomic E-state index is 0.137. The van der Waals surface area contributed by atoms with E-state index in [1.165, 1.54) is 0 Å². The quantitative estimate of drug-likeness (QED) is 0.173. The van der Waals surface area contributed by atoms with E-state index < -0.39 is 42.5 Å². The molecule has 5 atom stereocenters. The van der Waals surface area contributed by atoms with Gasteiger partial charge in [0.25, 0.3) is 11.8 Å². The Labute approximate surface area is 268 Å². The van der Waals surface area contributed by atoms with Crippen LogP contribution in [0.3, 0.4) is 0 Å². The van der Waals surface area contributed by atoms with Gasteiger partial charge in [0.05, 0.1) is 37.6 Å². The summed E-state index contributed by atoms with van der Waals surface area (Å²) in [6.45, 7) is 0.729. The zero-order chi connectivity index (χ0) is 31.7. The number of methoxy groups -OCH3 is 1. The third-order valence-corrected chi connectivity index (χ3v) is 8.06. The normalized spacial score (nSPS) is 22.6. The van der Waals surface area contributed by atoms with Gasteiger partial charge in [0.1, 0.15) is 31.1 Å². The van der Waals surface area contributed by atoms with Crippen molar-refractivity contribution >= 4 is 11.8 Å². The van der Waals surface area contributed by atoms with Crippen molar-refractivity contribution in [2.24, 2.45) is 0 Å². The third-order valence-electron chi connectivity index (χ3n) is 8.06. The van der Waals surface area contributed by atoms with Gasteiger partial charge in [0.15, 0.2) is 6.29 Å². The molecule has 2 amide bonds. The molecule has 4 aromatic rings. The minimum Gasteiger partial charge on any atom is -0.374 e. The highest BCUT2D eigenvalue weighted by Crippen LogP contribution is 2.32. The standard InChI is InChI=1S/C37H37NO8/c1-41-37-34(44-23-28-17-9-4-10-18-28)33(43-22-27-15-7-3-8-16-27)32(31(46-37)24-42-21-26-13-5-2-6-14-26)45-25-38-35(39)29-19-11-12-20-30(29)36(38)40/h2-20,31-34,37H,21-25H2,1H3/t31-,32-,33+,34-,37-/m1/s1. The zero-order valence-corrected chi connectivity index (χ0v) is 25.6. The van der Waals surface area contributed by atoms with Crippen LogP contribution < -0.4 is 0 Å². The van der Waals surface area contributed by atoms with Crippen molar-refractivity contribution in [2.75, 3.05) is 20.4 Å². The van der Waals surface area contributed by atoms with Crippen LogP contribution in [0.1, 0.15) is 37.4 Å². The Morgan fingerprint density at radius 3 is 1.59 bits per heavy atom. The number of fused-ring (bicyclic) bond motifs is 1. The molecule has 9 nitrogen and oxygen atoms in total. The first-order valence-electron chi connectivity index (χ1n) is 15.3. The lowest BCUT2D eigenvalue weighted by Gasteiger charge is -2.45. The maximum absolute atomic E-state index is 13.2. The van der Waals surface area contributed by atoms with Crippen LogP contribution >= 0.6 is 0 Å². The summed E-state index contributed by atoms with van der Waals surface area (Å²) in [6, 6.07) is 36.1. The number of hydrogen-bond donors (Lipinski definition) is 0. The fraction of sp³-hybridized carbons (Fsp3) is 0.297. The van der Waals surface area contributed by atoms with Crippen molar-refractivity contribution < 1.29 is 38.0 Å². The highest BCUT2D eigenvalue weighted by molar-refractivity contribution is 6.21. The van der Waals surface area contributed by atoms with Gasteiger partial charge in [0.2, 0.25) is 0 Å². The predicted molar refractivity (Wildman–Crippen MR) is 168 cm³/mol. The maximum Gasteiger partial charge on any atom is 0.263 e. The Hall–Kier alpha value is -4.22. The van der Waals surface area contributed by atoms with Crippen LogP contribution in [0.4, 0.5) is 0 Å². The van der Waals surface area contributed by atoms with E-state index in [9.17, 15) is 9.59 Å². The molecule has 2 aliphatic heterocycles. The average molecular weight is 624 g/mol. The number of ether oxygens (including phenoxy) is 6. The molecule has 6 rings (SSSR count). The number of benzene rings is 4. The highest BCUT2D eigenvalue weighted by Gasteiger charge is 2.49. The average Bonchev–Trinajstić information content (AvgIpc) is 3.35. The first kappa shape index (κ1) is 31.7. The summed E-state index contributed by atoms with van der Waals surface area (Å²) in [6.07, 6.45) is -3.72. The van der Waals surface area contributed by atoms with E-state index in [0.717, 1.165) is 21.6 Å². The number of carbonyl (C=O) groups excluding carboxylic acids is 2. The van der Waals surface area contributed by atoms with Gasteiger partial charge in [-0.1, -0.05) is 103 Å². The van der Waals surface area contributed by atoms with Gasteiger partial charge >= 0.3 is 0 Å². The molecule has 0 aromatic heterocycles. The molecule has 0 bridgehead atoms. The molecule has 2 aliphatic rings. The Bertz CT molecular complexity index is 1530. The lowest BCUT2D eigenvalue weighted by molar-refractivity contribution is -0.323. The van der Waals surface area contributed by atoms with E-state index in [4.69, 9.17) is 28.4 Å². The second-order valence-electron chi connectivity index (χ2n) is 11.1. The molecule has 9 heteroatoms. The Balaban J connectivity index is 1.27. The van der Waals surface area contributed by atoms with Gasteiger partial charge in [-0.15, -0.1) is 0 Å². The molecule has 238 valence electrons. The van der Waals surface area contributed by atoms with E-state index in [1.54, 1.807) is 31.4 Å². The van der Waals surface area contributed by atoms with E-state index in [2.05, 4.69) is 0 Å². The minimum atomic E-state index is -0.811. The SMILES string of the molecule is CO[C@@H]1O[C@H](COCc2ccccc2)[C@@H](OCN2C(=O)c3ccccc3C2=O)[C@H](OCc2ccccc2)[C@H]1OCc1ccccc1. The summed E-state index contributed by atoms with van der Waals surface area (Å²) >= 11 is 0. The summed E-state index contributed by atoms with van der Waals surface area (Å²) in [5, 5.41) is 0. The molecule has 0 saturated carbocycles. The molecule has 1 saturated heterocycles. The second-order valence-corrected chi connectivity index (χ2v) is 11.1. The molecule has 46 heavy (non-hydrogen) atoms. The maximum atomic E-state index is 13.2. The van der Waals surface area contributed by atoms with E-state index in [-0.39, 0.29) is 26.6 Å². The molecule has 0 unspecified atom stereocenters. The number of amides is 2. The van der Waals surface area contributed by atoms with Gasteiger partial charge in [-0.05, 0) is 28.8 Å². The molecule has 0 aliphatic carbocycles. The topological polar surface area (TPSA) is 92.8 Å². The van der Waals surface area contributed by atoms with Crippen molar-refractivity contribution in [1.29, 1.82) is 0 Å². The third kappa shape index (κ3) is 7.42. The molecule has 1 fully saturated rings. The van der Waals surface area contributed by atoms with Crippen molar-refractivity contribution in [3.63, 3.8) is 0 Å². The molecule has 0 spiro atoms. The highest BCUT2D eigenvalue weighted by atomic mass is 16.7. The van der Waals surface area contributed by atoms with Crippen LogP contribution in [0.25, 0.3) is 0 Å². The van der Waals surface area contributed by atoms with Crippen LogP contribution in [-0.4, -0.2) is 67.9 Å². The number of carbonyl (C=O) groups is 2. The van der Waals surface area contributed by atoms with E-state index in [0.29, 0.717) is 17.7 Å². The number of nitrogens with zero attached hydrogens (tertiary/aromatic N) is 1. The van der Waals surface area contributed by atoms with Crippen LogP contribution in [0, 0.1) is 0 Å². The summed E-state index contributed by atoms with van der Waals surface area (Å²) in [5.41, 5.74) is 3.63. The van der Waals surface area contributed by atoms with Gasteiger partial charge in [-0.25, -0.2) is 4.90 Å². The first-order chi connectivity index (χ1) is 22.6. The number of imide groups is 1. The van der Waals surface area contributed by atoms with E-state index in [1.807, 2.05) is 91.0 Å². The Kier molecular flexibility index (Phi) is 10.6. The molecule has 0 N–H and O–H groups in total. The van der Waals surface area contributed by atoms with Crippen LogP contribution in [0.15, 0.2) is 115 Å². The van der Waals surface area contributed by atoms with Gasteiger partial charge in [-0.2, -0.15) is 0 Å². The fourth-order valence-corrected chi connectivity index (χ4v) is 5.69. The molecule has 4 aromatic carbocycles. The van der Waals surface area contributed by atoms with Crippen LogP contribution in [0.2, 0.25) is 0 Å². The van der Waals surface area contributed by atoms with Gasteiger partial charge < -0.3 is 28.4 Å². The summed E-state index contributed by atoms with van der Waals surface area (Å²) < 4.78 is 37.9. The predicted octanol–water partition coefficient (Wildman–Crippen LogP) is 5.38. The van der Waals surface area contributed by atoms with E-state index >= 15 is 0 Å². The molecular formula is C37H37NO8. The summed E-state index contributed by atoms with van der Waals surface area (Å²) in [7, 11) is 1.56. The van der Waals surface area contributed by atoms with Crippen molar-refractivity contribution in [1.82, 2.24) is 4.90 Å². The van der Waals surface area contributed by atoms with Crippen molar-refractivity contribution in [2.45, 2.75) is 50.5 Å². The lowest BCUT2D eigenvalue weighted by Crippen LogP contribution is -2.62. The Morgan fingerprint density at radius 1 is 0.587 bits per heavy atom. The largest absolute Gasteiger partial charge is 0.374 e. The van der Waals surface area contributed by atoms with Gasteiger partial charge in [-0.3, -0.25) is 9.59 Å². The number of hydrogen-bond acceptors (Lipinski definition) is 8. The fourth-order valence-electron chi connectivity index (χ4n) is 5.69. The molecule has 2 heterocycles. The van der Waals surface area contributed by atoms with Gasteiger partial charge in [0, 0.05) is 7.11 Å². The molecular weight excluding hydrogens is 586 g/mol. The summed E-state index contributed by atoms with van der Waals surface area (Å²) in [5.74, 6) is -0.829. The monoisotopic (exact) mass is 623 g/mol. The summed E-state index contributed by atoms with van der Waals surface area (Å²) in [4.78, 5) is 27.5.